The molecule has 7 nitrogen and oxygen atoms in total. The summed E-state index contributed by atoms with van der Waals surface area (Å²) in [6.45, 7) is -1.45. The lowest BCUT2D eigenvalue weighted by Crippen LogP contribution is -2.21. The first-order chi connectivity index (χ1) is 14.6. The number of nitrogens with zero attached hydrogens (tertiary/aromatic N) is 4. The summed E-state index contributed by atoms with van der Waals surface area (Å²) in [4.78, 5) is 15.3. The smallest absolute Gasteiger partial charge is 0.422 e. The van der Waals surface area contributed by atoms with Crippen molar-refractivity contribution in [3.8, 4) is 6.01 Å². The second-order valence-corrected chi connectivity index (χ2v) is 6.08. The molecule has 3 rings (SSSR count). The molecule has 0 bridgehead atoms. The SMILES string of the molecule is FC(F)(F)COc1nc(NCc2ccncc2)nc(Nc2cccc(C(F)(F)F)c2)n1. The van der Waals surface area contributed by atoms with Crippen LogP contribution in [0.1, 0.15) is 11.1 Å². The van der Waals surface area contributed by atoms with Crippen LogP contribution in [0.4, 0.5) is 43.9 Å². The molecule has 0 spiro atoms. The molecule has 0 saturated heterocycles. The molecule has 13 heteroatoms. The minimum absolute atomic E-state index is 0.0251. The van der Waals surface area contributed by atoms with Crippen LogP contribution in [-0.4, -0.2) is 32.7 Å². The van der Waals surface area contributed by atoms with Crippen LogP contribution >= 0.6 is 0 Å². The van der Waals surface area contributed by atoms with Gasteiger partial charge in [-0.25, -0.2) is 0 Å². The topological polar surface area (TPSA) is 84.8 Å². The first kappa shape index (κ1) is 22.1. The Morgan fingerprint density at radius 1 is 0.871 bits per heavy atom. The van der Waals surface area contributed by atoms with Crippen LogP contribution in [0, 0.1) is 0 Å². The van der Waals surface area contributed by atoms with Gasteiger partial charge in [-0.2, -0.15) is 41.3 Å². The van der Waals surface area contributed by atoms with Crippen molar-refractivity contribution in [3.05, 3.63) is 59.9 Å². The number of anilines is 3. The first-order valence-electron chi connectivity index (χ1n) is 8.61. The van der Waals surface area contributed by atoms with Crippen molar-refractivity contribution in [3.63, 3.8) is 0 Å². The fraction of sp³-hybridized carbons (Fsp3) is 0.222. The number of hydrogen-bond donors (Lipinski definition) is 2. The highest BCUT2D eigenvalue weighted by Gasteiger charge is 2.31. The van der Waals surface area contributed by atoms with Crippen LogP contribution in [0.5, 0.6) is 6.01 Å². The Labute approximate surface area is 171 Å². The maximum Gasteiger partial charge on any atom is 0.422 e. The minimum Gasteiger partial charge on any atom is -0.454 e. The molecule has 0 saturated carbocycles. The molecule has 0 aliphatic heterocycles. The van der Waals surface area contributed by atoms with E-state index in [9.17, 15) is 26.3 Å². The Morgan fingerprint density at radius 3 is 2.26 bits per heavy atom. The lowest BCUT2D eigenvalue weighted by molar-refractivity contribution is -0.154. The van der Waals surface area contributed by atoms with Crippen LogP contribution in [0.3, 0.4) is 0 Å². The summed E-state index contributed by atoms with van der Waals surface area (Å²) in [6.07, 6.45) is -6.12. The van der Waals surface area contributed by atoms with Crippen LogP contribution in [0.2, 0.25) is 0 Å². The molecule has 0 amide bonds. The van der Waals surface area contributed by atoms with Gasteiger partial charge in [-0.3, -0.25) is 4.98 Å². The van der Waals surface area contributed by atoms with E-state index in [0.29, 0.717) is 0 Å². The van der Waals surface area contributed by atoms with Gasteiger partial charge in [0.15, 0.2) is 6.61 Å². The van der Waals surface area contributed by atoms with E-state index < -0.39 is 30.5 Å². The summed E-state index contributed by atoms with van der Waals surface area (Å²) in [5, 5.41) is 5.31. The molecule has 0 aliphatic rings. The van der Waals surface area contributed by atoms with Gasteiger partial charge in [0.25, 0.3) is 0 Å². The molecule has 2 heterocycles. The Morgan fingerprint density at radius 2 is 1.58 bits per heavy atom. The number of rotatable bonds is 7. The van der Waals surface area contributed by atoms with E-state index in [1.54, 1.807) is 24.5 Å². The zero-order valence-electron chi connectivity index (χ0n) is 15.5. The monoisotopic (exact) mass is 444 g/mol. The highest BCUT2D eigenvalue weighted by Crippen LogP contribution is 2.31. The second kappa shape index (κ2) is 9.02. The van der Waals surface area contributed by atoms with Crippen molar-refractivity contribution in [1.29, 1.82) is 0 Å². The van der Waals surface area contributed by atoms with E-state index in [1.807, 2.05) is 0 Å². The summed E-state index contributed by atoms with van der Waals surface area (Å²) in [5.41, 5.74) is -0.167. The third kappa shape index (κ3) is 6.97. The van der Waals surface area contributed by atoms with Gasteiger partial charge in [0.2, 0.25) is 11.9 Å². The Bertz CT molecular complexity index is 1010. The van der Waals surface area contributed by atoms with E-state index in [4.69, 9.17) is 0 Å². The van der Waals surface area contributed by atoms with Crippen LogP contribution < -0.4 is 15.4 Å². The summed E-state index contributed by atoms with van der Waals surface area (Å²) in [6, 6.07) is 6.89. The van der Waals surface area contributed by atoms with Gasteiger partial charge in [-0.15, -0.1) is 0 Å². The molecule has 0 aliphatic carbocycles. The van der Waals surface area contributed by atoms with Crippen molar-refractivity contribution >= 4 is 17.6 Å². The largest absolute Gasteiger partial charge is 0.454 e. The molecule has 0 radical (unpaired) electrons. The van der Waals surface area contributed by atoms with E-state index in [-0.39, 0.29) is 24.1 Å². The van der Waals surface area contributed by atoms with Crippen molar-refractivity contribution in [2.45, 2.75) is 18.9 Å². The molecular weight excluding hydrogens is 430 g/mol. The van der Waals surface area contributed by atoms with E-state index in [0.717, 1.165) is 23.8 Å². The zero-order chi connectivity index (χ0) is 22.5. The fourth-order valence-electron chi connectivity index (χ4n) is 2.29. The van der Waals surface area contributed by atoms with Crippen molar-refractivity contribution in [2.75, 3.05) is 17.2 Å². The van der Waals surface area contributed by atoms with Gasteiger partial charge in [0, 0.05) is 24.6 Å². The number of benzene rings is 1. The predicted molar refractivity (Wildman–Crippen MR) is 97.7 cm³/mol. The number of alkyl halides is 6. The lowest BCUT2D eigenvalue weighted by atomic mass is 10.2. The number of hydrogen-bond acceptors (Lipinski definition) is 7. The van der Waals surface area contributed by atoms with Crippen molar-refractivity contribution < 1.29 is 31.1 Å². The number of nitrogens with one attached hydrogen (secondary N) is 2. The molecule has 0 atom stereocenters. The molecular formula is C18H14F6N6O. The van der Waals surface area contributed by atoms with Gasteiger partial charge < -0.3 is 15.4 Å². The maximum absolute atomic E-state index is 12.9. The third-order valence-electron chi connectivity index (χ3n) is 3.63. The average molecular weight is 444 g/mol. The third-order valence-corrected chi connectivity index (χ3v) is 3.63. The zero-order valence-corrected chi connectivity index (χ0v) is 15.5. The van der Waals surface area contributed by atoms with Gasteiger partial charge in [-0.1, -0.05) is 6.07 Å². The summed E-state index contributed by atoms with van der Waals surface area (Å²) in [7, 11) is 0. The Kier molecular flexibility index (Phi) is 6.42. The van der Waals surface area contributed by atoms with Gasteiger partial charge in [0.05, 0.1) is 5.56 Å². The molecule has 2 aromatic heterocycles. The molecule has 0 fully saturated rings. The lowest BCUT2D eigenvalue weighted by Gasteiger charge is -2.13. The van der Waals surface area contributed by atoms with Crippen LogP contribution in [-0.2, 0) is 12.7 Å². The standard InChI is InChI=1S/C18H14F6N6O/c19-17(20,21)10-31-16-29-14(26-9-11-4-6-25-7-5-11)28-15(30-16)27-13-3-1-2-12(8-13)18(22,23)24/h1-8H,9-10H2,(H2,26,27,28,29,30). The van der Waals surface area contributed by atoms with Crippen molar-refractivity contribution in [1.82, 2.24) is 19.9 Å². The van der Waals surface area contributed by atoms with Gasteiger partial charge in [-0.05, 0) is 35.9 Å². The van der Waals surface area contributed by atoms with Gasteiger partial charge >= 0.3 is 18.4 Å². The van der Waals surface area contributed by atoms with Crippen LogP contribution in [0.25, 0.3) is 0 Å². The molecule has 2 N–H and O–H groups in total. The Balaban J connectivity index is 1.83. The van der Waals surface area contributed by atoms with E-state index >= 15 is 0 Å². The molecule has 164 valence electrons. The average Bonchev–Trinajstić information content (AvgIpc) is 2.71. The van der Waals surface area contributed by atoms with E-state index in [2.05, 4.69) is 35.3 Å². The van der Waals surface area contributed by atoms with E-state index in [1.165, 1.54) is 6.07 Å². The molecule has 31 heavy (non-hydrogen) atoms. The number of halogens is 6. The highest BCUT2D eigenvalue weighted by atomic mass is 19.4. The normalized spacial score (nSPS) is 11.8. The Hall–Kier alpha value is -3.64. The quantitative estimate of drug-likeness (QED) is 0.516. The highest BCUT2D eigenvalue weighted by molar-refractivity contribution is 5.55. The minimum atomic E-state index is -4.63. The van der Waals surface area contributed by atoms with Crippen molar-refractivity contribution in [2.24, 2.45) is 0 Å². The van der Waals surface area contributed by atoms with Gasteiger partial charge in [0.1, 0.15) is 0 Å². The van der Waals surface area contributed by atoms with Crippen LogP contribution in [0.15, 0.2) is 48.8 Å². The number of pyridine rings is 1. The predicted octanol–water partition coefficient (Wildman–Crippen LogP) is 4.58. The molecule has 3 aromatic rings. The number of ether oxygens (including phenoxy) is 1. The summed E-state index contributed by atoms with van der Waals surface area (Å²) in [5.74, 6) is -0.442. The molecule has 0 unspecified atom stereocenters. The summed E-state index contributed by atoms with van der Waals surface area (Å²) >= 11 is 0. The maximum atomic E-state index is 12.9. The first-order valence-corrected chi connectivity index (χ1v) is 8.61. The summed E-state index contributed by atoms with van der Waals surface area (Å²) < 4.78 is 80.7. The fourth-order valence-corrected chi connectivity index (χ4v) is 2.29. The molecule has 1 aromatic carbocycles. The number of aromatic nitrogens is 4. The second-order valence-electron chi connectivity index (χ2n) is 6.08.